The Kier molecular flexibility index (Phi) is 30.6. The Balaban J connectivity index is -0.000000138. The summed E-state index contributed by atoms with van der Waals surface area (Å²) in [5, 5.41) is 0. The predicted octanol–water partition coefficient (Wildman–Crippen LogP) is 3.90. The van der Waals surface area contributed by atoms with Gasteiger partial charge in [0.25, 0.3) is 0 Å². The van der Waals surface area contributed by atoms with Gasteiger partial charge in [0.2, 0.25) is 0 Å². The molecule has 1 aromatic carbocycles. The van der Waals surface area contributed by atoms with E-state index in [0.717, 1.165) is 0 Å². The average molecular weight is 290 g/mol. The first-order valence-corrected chi connectivity index (χ1v) is 4.57. The van der Waals surface area contributed by atoms with Gasteiger partial charge in [0.1, 0.15) is 0 Å². The Morgan fingerprint density at radius 1 is 1.00 bits per heavy atom. The fraction of sp³-hybridized carbons (Fsp3) is 0.154. The van der Waals surface area contributed by atoms with Crippen LogP contribution in [-0.2, 0) is 19.5 Å². The van der Waals surface area contributed by atoms with Crippen LogP contribution in [0.3, 0.4) is 0 Å². The molecule has 0 amide bonds. The summed E-state index contributed by atoms with van der Waals surface area (Å²) in [4.78, 5) is 2.74. The number of aromatic amines is 1. The maximum absolute atomic E-state index is 3.25. The molecule has 1 nitrogen and oxygen atoms in total. The van der Waals surface area contributed by atoms with Crippen LogP contribution in [0.2, 0.25) is 0 Å². The number of H-pyrrole nitrogens is 1. The Morgan fingerprint density at radius 2 is 1.53 bits per heavy atom. The van der Waals surface area contributed by atoms with Crippen molar-refractivity contribution < 1.29 is 19.5 Å². The van der Waals surface area contributed by atoms with Gasteiger partial charge in [0, 0.05) is 0 Å². The summed E-state index contributed by atoms with van der Waals surface area (Å²) in [6.45, 7) is 10.0. The van der Waals surface area contributed by atoms with Crippen molar-refractivity contribution in [2.24, 2.45) is 0 Å². The molecule has 0 atom stereocenters. The number of hydrogen-bond donors (Lipinski definition) is 1. The van der Waals surface area contributed by atoms with E-state index in [0.29, 0.717) is 0 Å². The predicted molar refractivity (Wildman–Crippen MR) is 63.7 cm³/mol. The fourth-order valence-corrected chi connectivity index (χ4v) is 0.561. The van der Waals surface area contributed by atoms with Crippen LogP contribution in [0.15, 0.2) is 48.7 Å². The molecule has 15 heavy (non-hydrogen) atoms. The molecule has 0 saturated carbocycles. The van der Waals surface area contributed by atoms with Crippen molar-refractivity contribution in [3.63, 3.8) is 0 Å². The normalized spacial score (nSPS) is 6.13. The molecule has 0 spiro atoms. The van der Waals surface area contributed by atoms with Crippen molar-refractivity contribution in [3.8, 4) is 0 Å². The van der Waals surface area contributed by atoms with Gasteiger partial charge >= 0.3 is 19.5 Å². The molecular weight excluding hydrogens is 271 g/mol. The Bertz CT molecular complexity index is 150. The minimum absolute atomic E-state index is 0. The second-order valence-corrected chi connectivity index (χ2v) is 1.78. The molecule has 0 aliphatic heterocycles. The minimum atomic E-state index is 0. The first-order valence-electron chi connectivity index (χ1n) is 4.57. The first kappa shape index (κ1) is 19.8. The monoisotopic (exact) mass is 291 g/mol. The third kappa shape index (κ3) is 19.6. The molecule has 1 heterocycles. The van der Waals surface area contributed by atoms with E-state index in [1.54, 1.807) is 13.8 Å². The van der Waals surface area contributed by atoms with Crippen molar-refractivity contribution in [1.82, 2.24) is 4.98 Å². The van der Waals surface area contributed by atoms with E-state index >= 15 is 0 Å². The van der Waals surface area contributed by atoms with Crippen molar-refractivity contribution in [3.05, 3.63) is 68.7 Å². The van der Waals surface area contributed by atoms with E-state index in [2.05, 4.69) is 25.0 Å². The smallest absolute Gasteiger partial charge is 0.484 e. The van der Waals surface area contributed by atoms with Gasteiger partial charge in [0.15, 0.2) is 0 Å². The Morgan fingerprint density at radius 3 is 1.67 bits per heavy atom. The maximum Gasteiger partial charge on any atom is 4.00 e. The molecule has 1 aromatic heterocycles. The van der Waals surface area contributed by atoms with Crippen molar-refractivity contribution in [2.75, 3.05) is 0 Å². The SMILES string of the molecule is [CH2-]C.[CH2-]C.[Ru+4].[c-]1ccc[nH]1.c1cc[cH-]c1. The molecule has 0 aliphatic rings. The standard InChI is InChI=1S/C5H5.C4H4N.2C2H5.Ru/c2*1-2-4-5-3-1;2*1-2;/h1-5H;1-3,5H;2*1H2,2H3;/q4*-1;+4. The molecule has 0 saturated heterocycles. The van der Waals surface area contributed by atoms with Crippen LogP contribution in [0.25, 0.3) is 0 Å². The molecule has 84 valence electrons. The summed E-state index contributed by atoms with van der Waals surface area (Å²) in [6, 6.07) is 13.7. The number of aromatic nitrogens is 1. The zero-order valence-electron chi connectivity index (χ0n) is 9.39. The topological polar surface area (TPSA) is 15.8 Å². The zero-order chi connectivity index (χ0) is 11.1. The number of rotatable bonds is 0. The minimum Gasteiger partial charge on any atom is -0.484 e. The fourth-order valence-electron chi connectivity index (χ4n) is 0.561. The number of nitrogens with one attached hydrogen (secondary N) is 1. The molecule has 0 bridgehead atoms. The van der Waals surface area contributed by atoms with Gasteiger partial charge in [-0.15, -0.1) is 6.20 Å². The third-order valence-electron chi connectivity index (χ3n) is 0.998. The summed E-state index contributed by atoms with van der Waals surface area (Å²) < 4.78 is 0. The first-order chi connectivity index (χ1) is 7.00. The van der Waals surface area contributed by atoms with E-state index in [9.17, 15) is 0 Å². The summed E-state index contributed by atoms with van der Waals surface area (Å²) in [7, 11) is 0. The van der Waals surface area contributed by atoms with Crippen LogP contribution in [0, 0.1) is 20.0 Å². The van der Waals surface area contributed by atoms with Crippen LogP contribution in [0.1, 0.15) is 13.8 Å². The van der Waals surface area contributed by atoms with Crippen molar-refractivity contribution in [1.29, 1.82) is 0 Å². The maximum atomic E-state index is 3.25. The van der Waals surface area contributed by atoms with Gasteiger partial charge in [-0.3, -0.25) is 0 Å². The molecule has 2 heteroatoms. The third-order valence-corrected chi connectivity index (χ3v) is 0.998. The van der Waals surface area contributed by atoms with E-state index < -0.39 is 0 Å². The van der Waals surface area contributed by atoms with Crippen LogP contribution < -0.4 is 0 Å². The summed E-state index contributed by atoms with van der Waals surface area (Å²) in [5.74, 6) is 0. The molecule has 1 N–H and O–H groups in total. The zero-order valence-corrected chi connectivity index (χ0v) is 11.1. The molecule has 0 unspecified atom stereocenters. The molecule has 2 aromatic rings. The van der Waals surface area contributed by atoms with Crippen LogP contribution in [-0.4, -0.2) is 4.98 Å². The van der Waals surface area contributed by atoms with Gasteiger partial charge in [-0.2, -0.15) is 50.4 Å². The summed E-state index contributed by atoms with van der Waals surface area (Å²) in [5.41, 5.74) is 0. The van der Waals surface area contributed by atoms with Gasteiger partial charge in [-0.1, -0.05) is 0 Å². The van der Waals surface area contributed by atoms with Crippen molar-refractivity contribution >= 4 is 0 Å². The summed E-state index contributed by atoms with van der Waals surface area (Å²) >= 11 is 0. The number of hydrogen-bond acceptors (Lipinski definition) is 0. The molecule has 2 rings (SSSR count). The molecular formula is C13H19NRu. The Hall–Kier alpha value is -0.747. The summed E-state index contributed by atoms with van der Waals surface area (Å²) in [6.07, 6.45) is 4.56. The van der Waals surface area contributed by atoms with E-state index in [1.807, 2.05) is 48.7 Å². The van der Waals surface area contributed by atoms with Crippen LogP contribution >= 0.6 is 0 Å². The molecule has 0 radical (unpaired) electrons. The molecule has 0 aliphatic carbocycles. The van der Waals surface area contributed by atoms with E-state index in [-0.39, 0.29) is 19.5 Å². The Labute approximate surface area is 107 Å². The second kappa shape index (κ2) is 23.2. The second-order valence-electron chi connectivity index (χ2n) is 1.78. The molecule has 0 fully saturated rings. The van der Waals surface area contributed by atoms with Gasteiger partial charge < -0.3 is 18.8 Å². The largest absolute Gasteiger partial charge is 4.00 e. The van der Waals surface area contributed by atoms with Gasteiger partial charge in [-0.05, 0) is 0 Å². The van der Waals surface area contributed by atoms with Gasteiger partial charge in [0.05, 0.1) is 0 Å². The quantitative estimate of drug-likeness (QED) is 0.559. The van der Waals surface area contributed by atoms with E-state index in [1.165, 1.54) is 0 Å². The van der Waals surface area contributed by atoms with E-state index in [4.69, 9.17) is 0 Å². The van der Waals surface area contributed by atoms with Crippen LogP contribution in [0.5, 0.6) is 0 Å². The van der Waals surface area contributed by atoms with Crippen molar-refractivity contribution in [2.45, 2.75) is 13.8 Å². The average Bonchev–Trinajstić information content (AvgIpc) is 3.01. The van der Waals surface area contributed by atoms with Gasteiger partial charge in [-0.25, -0.2) is 12.1 Å². The van der Waals surface area contributed by atoms with Crippen LogP contribution in [0.4, 0.5) is 0 Å².